The van der Waals surface area contributed by atoms with E-state index in [-0.39, 0.29) is 42.1 Å². The first-order chi connectivity index (χ1) is 17.0. The molecule has 0 saturated carbocycles. The van der Waals surface area contributed by atoms with Gasteiger partial charge in [-0.3, -0.25) is 19.2 Å². The highest BCUT2D eigenvalue weighted by Gasteiger charge is 2.37. The molecule has 0 saturated heterocycles. The maximum Gasteiger partial charge on any atom is 0.324 e. The standard InChI is InChI=1S/C28H43NO8/c1-9-17(3)24(31)36-21-12-11-20(13-22(21)37-25(32)18(4)10-2)15-28(29,26(33)34)14-19(5)35-23(30)16-27(6,7)8/h11-13,17-19H,9-10,14-16,29H2,1-8H3,(H,33,34)/t17?,18?,19-,28?/m0/s1. The molecule has 3 N–H and O–H groups in total. The zero-order valence-corrected chi connectivity index (χ0v) is 23.4. The molecule has 3 unspecified atom stereocenters. The van der Waals surface area contributed by atoms with Crippen molar-refractivity contribution >= 4 is 23.9 Å². The minimum atomic E-state index is -1.77. The Hall–Kier alpha value is -2.94. The highest BCUT2D eigenvalue weighted by molar-refractivity contribution is 5.80. The van der Waals surface area contributed by atoms with Crippen LogP contribution >= 0.6 is 0 Å². The Morgan fingerprint density at radius 1 is 0.919 bits per heavy atom. The smallest absolute Gasteiger partial charge is 0.324 e. The van der Waals surface area contributed by atoms with Crippen LogP contribution < -0.4 is 15.2 Å². The van der Waals surface area contributed by atoms with E-state index in [4.69, 9.17) is 19.9 Å². The van der Waals surface area contributed by atoms with Crippen LogP contribution in [0.1, 0.15) is 86.6 Å². The van der Waals surface area contributed by atoms with Crippen LogP contribution in [0.2, 0.25) is 0 Å². The number of carbonyl (C=O) groups excluding carboxylic acids is 3. The Balaban J connectivity index is 3.22. The van der Waals surface area contributed by atoms with Crippen molar-refractivity contribution in [3.8, 4) is 11.5 Å². The Kier molecular flexibility index (Phi) is 11.8. The Bertz CT molecular complexity index is 967. The third kappa shape index (κ3) is 10.5. The topological polar surface area (TPSA) is 142 Å². The maximum absolute atomic E-state index is 12.5. The maximum atomic E-state index is 12.5. The normalized spacial score (nSPS) is 15.6. The molecular weight excluding hydrogens is 478 g/mol. The van der Waals surface area contributed by atoms with Gasteiger partial charge in [0.1, 0.15) is 11.6 Å². The van der Waals surface area contributed by atoms with Crippen LogP contribution in [0, 0.1) is 17.3 Å². The number of aliphatic carboxylic acids is 1. The van der Waals surface area contributed by atoms with Crippen molar-refractivity contribution < 1.29 is 38.5 Å². The van der Waals surface area contributed by atoms with Crippen LogP contribution in [0.15, 0.2) is 18.2 Å². The number of hydrogen-bond acceptors (Lipinski definition) is 8. The lowest BCUT2D eigenvalue weighted by atomic mass is 9.86. The van der Waals surface area contributed by atoms with E-state index in [0.717, 1.165) is 0 Å². The van der Waals surface area contributed by atoms with Gasteiger partial charge in [0.2, 0.25) is 0 Å². The summed E-state index contributed by atoms with van der Waals surface area (Å²) in [6.45, 7) is 14.4. The number of benzene rings is 1. The summed E-state index contributed by atoms with van der Waals surface area (Å²) in [6, 6.07) is 4.49. The molecule has 0 bridgehead atoms. The van der Waals surface area contributed by atoms with Crippen molar-refractivity contribution in [1.29, 1.82) is 0 Å². The highest BCUT2D eigenvalue weighted by atomic mass is 16.6. The molecule has 9 nitrogen and oxygen atoms in total. The lowest BCUT2D eigenvalue weighted by molar-refractivity contribution is -0.154. The average Bonchev–Trinajstić information content (AvgIpc) is 2.77. The number of rotatable bonds is 13. The Morgan fingerprint density at radius 3 is 1.89 bits per heavy atom. The fourth-order valence-electron chi connectivity index (χ4n) is 3.43. The van der Waals surface area contributed by atoms with E-state index >= 15 is 0 Å². The van der Waals surface area contributed by atoms with Gasteiger partial charge in [-0.2, -0.15) is 0 Å². The number of hydrogen-bond donors (Lipinski definition) is 2. The van der Waals surface area contributed by atoms with Crippen molar-refractivity contribution in [3.63, 3.8) is 0 Å². The highest BCUT2D eigenvalue weighted by Crippen LogP contribution is 2.32. The number of esters is 3. The van der Waals surface area contributed by atoms with Crippen LogP contribution in [-0.2, 0) is 30.3 Å². The lowest BCUT2D eigenvalue weighted by Crippen LogP contribution is -2.52. The van der Waals surface area contributed by atoms with Gasteiger partial charge in [0, 0.05) is 12.8 Å². The lowest BCUT2D eigenvalue weighted by Gasteiger charge is -2.29. The van der Waals surface area contributed by atoms with Gasteiger partial charge in [-0.25, -0.2) is 0 Å². The molecule has 1 aromatic carbocycles. The summed E-state index contributed by atoms with van der Waals surface area (Å²) < 4.78 is 16.4. The summed E-state index contributed by atoms with van der Waals surface area (Å²) in [5.41, 5.74) is 4.70. The molecule has 0 aliphatic heterocycles. The van der Waals surface area contributed by atoms with Gasteiger partial charge in [-0.05, 0) is 42.9 Å². The average molecular weight is 522 g/mol. The summed E-state index contributed by atoms with van der Waals surface area (Å²) in [7, 11) is 0. The van der Waals surface area contributed by atoms with Crippen LogP contribution in [-0.4, -0.2) is 40.6 Å². The quantitative estimate of drug-likeness (QED) is 0.279. The Morgan fingerprint density at radius 2 is 1.43 bits per heavy atom. The molecule has 0 heterocycles. The van der Waals surface area contributed by atoms with Gasteiger partial charge in [0.25, 0.3) is 0 Å². The Labute approximate surface area is 220 Å². The van der Waals surface area contributed by atoms with Gasteiger partial charge < -0.3 is 25.1 Å². The van der Waals surface area contributed by atoms with Crippen LogP contribution in [0.5, 0.6) is 11.5 Å². The number of ether oxygens (including phenoxy) is 3. The number of carbonyl (C=O) groups is 4. The third-order valence-corrected chi connectivity index (χ3v) is 6.06. The molecule has 208 valence electrons. The molecule has 1 rings (SSSR count). The summed E-state index contributed by atoms with van der Waals surface area (Å²) in [4.78, 5) is 49.2. The van der Waals surface area contributed by atoms with E-state index in [1.807, 2.05) is 34.6 Å². The second kappa shape index (κ2) is 13.6. The molecule has 9 heteroatoms. The second-order valence-corrected chi connectivity index (χ2v) is 11.1. The molecular formula is C28H43NO8. The molecule has 37 heavy (non-hydrogen) atoms. The van der Waals surface area contributed by atoms with Gasteiger partial charge in [0.05, 0.1) is 18.3 Å². The minimum Gasteiger partial charge on any atom is -0.480 e. The molecule has 0 fully saturated rings. The number of nitrogens with two attached hydrogens (primary N) is 1. The van der Waals surface area contributed by atoms with Gasteiger partial charge >= 0.3 is 23.9 Å². The SMILES string of the molecule is CCC(C)C(=O)Oc1ccc(CC(N)(C[C@H](C)OC(=O)CC(C)(C)C)C(=O)O)cc1OC(=O)C(C)CC. The first-order valence-electron chi connectivity index (χ1n) is 12.8. The predicted molar refractivity (Wildman–Crippen MR) is 139 cm³/mol. The number of carboxylic acid groups (broad SMARTS) is 1. The van der Waals surface area contributed by atoms with E-state index in [2.05, 4.69) is 0 Å². The molecule has 0 aromatic heterocycles. The monoisotopic (exact) mass is 521 g/mol. The molecule has 0 aliphatic rings. The van der Waals surface area contributed by atoms with E-state index in [0.29, 0.717) is 18.4 Å². The summed E-state index contributed by atoms with van der Waals surface area (Å²) in [5, 5.41) is 9.92. The van der Waals surface area contributed by atoms with E-state index in [1.165, 1.54) is 12.1 Å². The zero-order chi connectivity index (χ0) is 28.6. The fourth-order valence-corrected chi connectivity index (χ4v) is 3.43. The molecule has 0 aliphatic carbocycles. The van der Waals surface area contributed by atoms with Crippen molar-refractivity contribution in [2.45, 2.75) is 99.1 Å². The van der Waals surface area contributed by atoms with Crippen molar-refractivity contribution in [3.05, 3.63) is 23.8 Å². The van der Waals surface area contributed by atoms with E-state index in [9.17, 15) is 24.3 Å². The van der Waals surface area contributed by atoms with E-state index in [1.54, 1.807) is 26.8 Å². The van der Waals surface area contributed by atoms with E-state index < -0.39 is 41.4 Å². The molecule has 0 radical (unpaired) electrons. The molecule has 0 spiro atoms. The summed E-state index contributed by atoms with van der Waals surface area (Å²) in [6.07, 6.45) is 0.295. The first kappa shape index (κ1) is 32.1. The zero-order valence-electron chi connectivity index (χ0n) is 23.4. The molecule has 1 aromatic rings. The van der Waals surface area contributed by atoms with Gasteiger partial charge in [-0.15, -0.1) is 0 Å². The minimum absolute atomic E-state index is 0.0110. The van der Waals surface area contributed by atoms with Crippen molar-refractivity contribution in [2.24, 2.45) is 23.0 Å². The first-order valence-corrected chi connectivity index (χ1v) is 12.8. The van der Waals surface area contributed by atoms with Crippen molar-refractivity contribution in [1.82, 2.24) is 0 Å². The molecule has 0 amide bonds. The fraction of sp³-hybridized carbons (Fsp3) is 0.643. The van der Waals surface area contributed by atoms with Crippen LogP contribution in [0.3, 0.4) is 0 Å². The van der Waals surface area contributed by atoms with Crippen LogP contribution in [0.25, 0.3) is 0 Å². The largest absolute Gasteiger partial charge is 0.480 e. The van der Waals surface area contributed by atoms with Crippen molar-refractivity contribution in [2.75, 3.05) is 0 Å². The third-order valence-electron chi connectivity index (χ3n) is 6.06. The molecule has 4 atom stereocenters. The van der Waals surface area contributed by atoms with Gasteiger partial charge in [-0.1, -0.05) is 54.5 Å². The predicted octanol–water partition coefficient (Wildman–Crippen LogP) is 4.67. The van der Waals surface area contributed by atoms with Crippen LogP contribution in [0.4, 0.5) is 0 Å². The summed E-state index contributed by atoms with van der Waals surface area (Å²) in [5.74, 6) is -3.35. The number of carboxylic acids is 1. The van der Waals surface area contributed by atoms with Gasteiger partial charge in [0.15, 0.2) is 11.5 Å². The summed E-state index contributed by atoms with van der Waals surface area (Å²) >= 11 is 0. The second-order valence-electron chi connectivity index (χ2n) is 11.1.